The molecule has 1 N–H and O–H groups in total. The lowest BCUT2D eigenvalue weighted by Crippen LogP contribution is -2.43. The molecule has 1 atom stereocenters. The predicted molar refractivity (Wildman–Crippen MR) is 133 cm³/mol. The molecule has 7 nitrogen and oxygen atoms in total. The number of aromatic nitrogens is 3. The summed E-state index contributed by atoms with van der Waals surface area (Å²) in [7, 11) is 0. The van der Waals surface area contributed by atoms with Gasteiger partial charge in [0.1, 0.15) is 0 Å². The Morgan fingerprint density at radius 1 is 1.06 bits per heavy atom. The summed E-state index contributed by atoms with van der Waals surface area (Å²) in [5, 5.41) is 9.07. The number of aryl methyl sites for hydroxylation is 2. The van der Waals surface area contributed by atoms with Crippen LogP contribution in [0, 0.1) is 13.8 Å². The van der Waals surface area contributed by atoms with Crippen molar-refractivity contribution in [2.24, 2.45) is 0 Å². The lowest BCUT2D eigenvalue weighted by atomic mass is 10.0. The molecule has 1 aliphatic heterocycles. The molecule has 0 unspecified atom stereocenters. The maximum Gasteiger partial charge on any atom is 0.220 e. The van der Waals surface area contributed by atoms with E-state index in [4.69, 9.17) is 14.8 Å². The molecule has 0 saturated carbocycles. The van der Waals surface area contributed by atoms with Gasteiger partial charge in [-0.05, 0) is 43.5 Å². The van der Waals surface area contributed by atoms with Crippen molar-refractivity contribution in [3.8, 4) is 0 Å². The number of hydrogen-bond donors (Lipinski definition) is 1. The Labute approximate surface area is 199 Å². The smallest absolute Gasteiger partial charge is 0.220 e. The van der Waals surface area contributed by atoms with Gasteiger partial charge in [0.2, 0.25) is 5.91 Å². The van der Waals surface area contributed by atoms with Crippen LogP contribution in [0.2, 0.25) is 0 Å². The number of morpholine rings is 1. The Hall–Kier alpha value is -3.29. The van der Waals surface area contributed by atoms with E-state index in [0.29, 0.717) is 12.8 Å². The fraction of sp³-hybridized carbons (Fsp3) is 0.370. The number of fused-ring (bicyclic) bond motifs is 3. The van der Waals surface area contributed by atoms with Crippen molar-refractivity contribution in [1.82, 2.24) is 24.8 Å². The molecule has 0 spiro atoms. The second-order valence-corrected chi connectivity index (χ2v) is 8.96. The first-order valence-electron chi connectivity index (χ1n) is 12.0. The van der Waals surface area contributed by atoms with E-state index >= 15 is 0 Å². The van der Waals surface area contributed by atoms with Crippen LogP contribution in [-0.4, -0.2) is 58.3 Å². The van der Waals surface area contributed by atoms with Gasteiger partial charge in [-0.15, -0.1) is 0 Å². The highest BCUT2D eigenvalue weighted by molar-refractivity contribution is 5.92. The van der Waals surface area contributed by atoms with Crippen molar-refractivity contribution >= 4 is 22.5 Å². The molecule has 2 aromatic carbocycles. The van der Waals surface area contributed by atoms with Crippen LogP contribution in [0.4, 0.5) is 0 Å². The molecule has 34 heavy (non-hydrogen) atoms. The number of hydrogen-bond acceptors (Lipinski definition) is 5. The summed E-state index contributed by atoms with van der Waals surface area (Å²) in [6.45, 7) is 8.13. The van der Waals surface area contributed by atoms with E-state index in [2.05, 4.69) is 35.3 Å². The Bertz CT molecular complexity index is 1290. The fourth-order valence-corrected chi connectivity index (χ4v) is 4.81. The summed E-state index contributed by atoms with van der Waals surface area (Å²) in [4.78, 5) is 20.3. The normalized spacial score (nSPS) is 15.6. The molecule has 1 fully saturated rings. The van der Waals surface area contributed by atoms with Gasteiger partial charge in [-0.2, -0.15) is 5.10 Å². The highest BCUT2D eigenvalue weighted by Gasteiger charge is 2.21. The number of carbonyl (C=O) groups is 1. The minimum absolute atomic E-state index is 0.0478. The maximum atomic E-state index is 13.1. The summed E-state index contributed by atoms with van der Waals surface area (Å²) >= 11 is 0. The molecule has 1 aliphatic rings. The maximum absolute atomic E-state index is 13.1. The Morgan fingerprint density at radius 3 is 2.59 bits per heavy atom. The van der Waals surface area contributed by atoms with E-state index in [9.17, 15) is 4.79 Å². The van der Waals surface area contributed by atoms with E-state index < -0.39 is 0 Å². The largest absolute Gasteiger partial charge is 0.379 e. The predicted octanol–water partition coefficient (Wildman–Crippen LogP) is 3.62. The summed E-state index contributed by atoms with van der Waals surface area (Å²) in [5.74, 6) is 0.0478. The van der Waals surface area contributed by atoms with Gasteiger partial charge in [0, 0.05) is 42.8 Å². The van der Waals surface area contributed by atoms with Gasteiger partial charge in [-0.25, -0.2) is 9.50 Å². The zero-order valence-electron chi connectivity index (χ0n) is 19.8. The molecule has 0 aliphatic carbocycles. The first kappa shape index (κ1) is 22.5. The van der Waals surface area contributed by atoms with Crippen LogP contribution >= 0.6 is 0 Å². The average Bonchev–Trinajstić information content (AvgIpc) is 3.23. The third kappa shape index (κ3) is 4.67. The van der Waals surface area contributed by atoms with E-state index in [1.165, 1.54) is 0 Å². The van der Waals surface area contributed by atoms with E-state index in [-0.39, 0.29) is 11.9 Å². The molecule has 5 rings (SSSR count). The summed E-state index contributed by atoms with van der Waals surface area (Å²) in [5.41, 5.74) is 6.01. The standard InChI is InChI=1S/C27H31N5O2/c1-19-22(20(2)32-27(28-19)23-10-6-7-11-24(23)30-32)12-13-26(33)29-25(21-8-4-3-5-9-21)18-31-14-16-34-17-15-31/h3-11,25H,12-18H2,1-2H3,(H,29,33)/t25-/m1/s1. The number of benzene rings is 2. The van der Waals surface area contributed by atoms with Gasteiger partial charge in [0.05, 0.1) is 24.8 Å². The lowest BCUT2D eigenvalue weighted by molar-refractivity contribution is -0.122. The zero-order chi connectivity index (χ0) is 23.5. The number of nitrogens with one attached hydrogen (secondary N) is 1. The van der Waals surface area contributed by atoms with Gasteiger partial charge in [-0.1, -0.05) is 42.5 Å². The Kier molecular flexibility index (Phi) is 6.56. The van der Waals surface area contributed by atoms with Crippen LogP contribution in [0.1, 0.15) is 35.0 Å². The second kappa shape index (κ2) is 9.91. The highest BCUT2D eigenvalue weighted by atomic mass is 16.5. The van der Waals surface area contributed by atoms with Gasteiger partial charge in [0.25, 0.3) is 0 Å². The summed E-state index contributed by atoms with van der Waals surface area (Å²) in [6.07, 6.45) is 1.03. The van der Waals surface area contributed by atoms with Crippen molar-refractivity contribution in [2.45, 2.75) is 32.7 Å². The van der Waals surface area contributed by atoms with E-state index in [1.807, 2.05) is 47.8 Å². The number of rotatable bonds is 7. The minimum Gasteiger partial charge on any atom is -0.379 e. The van der Waals surface area contributed by atoms with Crippen molar-refractivity contribution in [2.75, 3.05) is 32.8 Å². The highest BCUT2D eigenvalue weighted by Crippen LogP contribution is 2.23. The average molecular weight is 458 g/mol. The van der Waals surface area contributed by atoms with Crippen LogP contribution in [0.3, 0.4) is 0 Å². The fourth-order valence-electron chi connectivity index (χ4n) is 4.81. The Balaban J connectivity index is 1.31. The van der Waals surface area contributed by atoms with Crippen LogP contribution in [0.5, 0.6) is 0 Å². The molecule has 2 aromatic heterocycles. The van der Waals surface area contributed by atoms with E-state index in [1.54, 1.807) is 0 Å². The molecule has 3 heterocycles. The number of nitrogens with zero attached hydrogens (tertiary/aromatic N) is 4. The van der Waals surface area contributed by atoms with Crippen molar-refractivity contribution in [3.63, 3.8) is 0 Å². The van der Waals surface area contributed by atoms with Crippen LogP contribution in [0.15, 0.2) is 54.6 Å². The zero-order valence-corrected chi connectivity index (χ0v) is 19.8. The molecule has 1 amide bonds. The SMILES string of the molecule is Cc1nc2c3ccccc3nn2c(C)c1CCC(=O)N[C@H](CN1CCOCC1)c1ccccc1. The lowest BCUT2D eigenvalue weighted by Gasteiger charge is -2.31. The first-order chi connectivity index (χ1) is 16.6. The molecule has 176 valence electrons. The number of amides is 1. The molecule has 0 radical (unpaired) electrons. The number of carbonyl (C=O) groups excluding carboxylic acids is 1. The summed E-state index contributed by atoms with van der Waals surface area (Å²) in [6, 6.07) is 18.2. The topological polar surface area (TPSA) is 71.8 Å². The van der Waals surface area contributed by atoms with Gasteiger partial charge >= 0.3 is 0 Å². The molecule has 7 heteroatoms. The molecular formula is C27H31N5O2. The molecule has 4 aromatic rings. The van der Waals surface area contributed by atoms with Crippen LogP contribution < -0.4 is 5.32 Å². The van der Waals surface area contributed by atoms with Gasteiger partial charge < -0.3 is 10.1 Å². The summed E-state index contributed by atoms with van der Waals surface area (Å²) < 4.78 is 7.40. The van der Waals surface area contributed by atoms with Crippen molar-refractivity contribution in [1.29, 1.82) is 0 Å². The number of ether oxygens (including phenoxy) is 1. The third-order valence-electron chi connectivity index (χ3n) is 6.70. The van der Waals surface area contributed by atoms with E-state index in [0.717, 1.165) is 71.9 Å². The Morgan fingerprint density at radius 2 is 1.79 bits per heavy atom. The quantitative estimate of drug-likeness (QED) is 0.459. The second-order valence-electron chi connectivity index (χ2n) is 8.96. The first-order valence-corrected chi connectivity index (χ1v) is 12.0. The van der Waals surface area contributed by atoms with Crippen LogP contribution in [0.25, 0.3) is 16.6 Å². The third-order valence-corrected chi connectivity index (χ3v) is 6.70. The molecule has 1 saturated heterocycles. The van der Waals surface area contributed by atoms with Crippen molar-refractivity contribution < 1.29 is 9.53 Å². The minimum atomic E-state index is -0.0500. The van der Waals surface area contributed by atoms with Gasteiger partial charge in [-0.3, -0.25) is 9.69 Å². The van der Waals surface area contributed by atoms with Crippen LogP contribution in [-0.2, 0) is 16.0 Å². The van der Waals surface area contributed by atoms with Gasteiger partial charge in [0.15, 0.2) is 5.65 Å². The monoisotopic (exact) mass is 457 g/mol. The molecular weight excluding hydrogens is 426 g/mol. The van der Waals surface area contributed by atoms with Crippen molar-refractivity contribution in [3.05, 3.63) is 77.1 Å². The molecule has 0 bridgehead atoms.